The van der Waals surface area contributed by atoms with Gasteiger partial charge < -0.3 is 37.6 Å². The smallest absolute Gasteiger partial charge is 0.254 e. The minimum Gasteiger partial charge on any atom is -0.393 e. The third kappa shape index (κ3) is 10.7. The van der Waals surface area contributed by atoms with Crippen molar-refractivity contribution < 1.29 is 23.9 Å². The van der Waals surface area contributed by atoms with Crippen molar-refractivity contribution in [3.63, 3.8) is 0 Å². The molecule has 4 rings (SSSR count). The summed E-state index contributed by atoms with van der Waals surface area (Å²) in [5, 5.41) is 29.1. The molecule has 0 aliphatic heterocycles. The number of nitrogens with one attached hydrogen (secondary N) is 3. The molecule has 2 heterocycles. The first-order valence-electron chi connectivity index (χ1n) is 15.5. The highest BCUT2D eigenvalue weighted by Crippen LogP contribution is 2.28. The van der Waals surface area contributed by atoms with Gasteiger partial charge in [-0.25, -0.2) is 9.97 Å². The summed E-state index contributed by atoms with van der Waals surface area (Å²) in [5.41, 5.74) is 9.74. The Labute approximate surface area is 263 Å². The summed E-state index contributed by atoms with van der Waals surface area (Å²) in [4.78, 5) is 39.0. The Morgan fingerprint density at radius 2 is 1.37 bits per heavy atom. The molecule has 240 valence electrons. The van der Waals surface area contributed by atoms with Crippen LogP contribution >= 0.6 is 11.6 Å². The van der Waals surface area contributed by atoms with Crippen molar-refractivity contribution in [2.45, 2.75) is 110 Å². The maximum atomic E-state index is 11.7. The number of nitrogens with zero attached hydrogens (tertiary/aromatic N) is 4. The van der Waals surface area contributed by atoms with Crippen LogP contribution in [0.15, 0.2) is 12.4 Å². The van der Waals surface area contributed by atoms with Crippen molar-refractivity contribution in [1.82, 2.24) is 19.9 Å². The van der Waals surface area contributed by atoms with Crippen molar-refractivity contribution >= 4 is 41.0 Å². The lowest BCUT2D eigenvalue weighted by Crippen LogP contribution is -2.36. The highest BCUT2D eigenvalue weighted by Gasteiger charge is 2.28. The molecule has 43 heavy (non-hydrogen) atoms. The van der Waals surface area contributed by atoms with E-state index < -0.39 is 30.3 Å². The molecule has 0 bridgehead atoms. The van der Waals surface area contributed by atoms with Gasteiger partial charge in [-0.1, -0.05) is 21.3 Å². The number of amides is 2. The number of rotatable bonds is 7. The van der Waals surface area contributed by atoms with Crippen molar-refractivity contribution in [3.05, 3.63) is 28.8 Å². The predicted molar refractivity (Wildman–Crippen MR) is 169 cm³/mol. The first kappa shape index (κ1) is 31.1. The Morgan fingerprint density at radius 1 is 0.907 bits per heavy atom. The average Bonchev–Trinajstić information content (AvgIpc) is 2.92. The van der Waals surface area contributed by atoms with Crippen LogP contribution in [0.3, 0.4) is 0 Å². The molecule has 2 aliphatic rings. The van der Waals surface area contributed by atoms with Gasteiger partial charge in [-0.05, 0) is 82.7 Å². The van der Waals surface area contributed by atoms with E-state index in [1.807, 2.05) is 13.8 Å². The number of anilines is 3. The Hall–Kier alpha value is -3.29. The quantitative estimate of drug-likeness (QED) is 0.221. The van der Waals surface area contributed by atoms with E-state index in [2.05, 4.69) is 35.9 Å². The van der Waals surface area contributed by atoms with Gasteiger partial charge in [0.2, 0.25) is 11.2 Å². The number of aliphatic hydroxyl groups is 2. The first-order valence-corrected chi connectivity index (χ1v) is 14.4. The average molecular weight is 625 g/mol. The molecule has 2 aromatic rings. The first-order chi connectivity index (χ1) is 20.9. The third-order valence-electron chi connectivity index (χ3n) is 7.49. The van der Waals surface area contributed by atoms with Crippen LogP contribution in [0.4, 0.5) is 17.6 Å². The van der Waals surface area contributed by atoms with Crippen LogP contribution in [0.25, 0.3) is 0 Å². The zero-order valence-electron chi connectivity index (χ0n) is 27.4. The standard InChI is InChI=1S/C16H27N5O2.C12H17ClN4O2.CH4/c1-9-5-6-10(7-12(9)22)19-14-11(13(17)23)8-18-15(20-14)21-16(2,3)4;1-6-2-3-7(4-9(6)18)16-11-8(10(14)19)5-15-12(13)17-11;/h8-10,12,22H,5-7H2,1-4H3,(H2,17,23)(H2,18,19,20,21);5-7,9,18H,2-4H2,1H3,(H2,14,19)(H,15,16,17);1H4/t9-,10-,12-;6-,7-,9-;/m11./s1/i2D3;;. The number of hydrogen-bond acceptors (Lipinski definition) is 11. The molecule has 2 amide bonds. The number of primary amides is 2. The molecule has 0 aromatic carbocycles. The second-order valence-corrected chi connectivity index (χ2v) is 12.1. The van der Waals surface area contributed by atoms with Crippen LogP contribution < -0.4 is 27.4 Å². The van der Waals surface area contributed by atoms with E-state index >= 15 is 0 Å². The largest absolute Gasteiger partial charge is 0.393 e. The Bertz CT molecular complexity index is 1350. The summed E-state index contributed by atoms with van der Waals surface area (Å²) in [5.74, 6) is -0.109. The topological polar surface area (TPSA) is 214 Å². The summed E-state index contributed by atoms with van der Waals surface area (Å²) < 4.78 is 22.8. The van der Waals surface area contributed by atoms with Gasteiger partial charge in [0.05, 0.1) is 23.3 Å². The van der Waals surface area contributed by atoms with Crippen LogP contribution in [-0.2, 0) is 0 Å². The minimum atomic E-state index is -2.27. The monoisotopic (exact) mass is 624 g/mol. The molecule has 2 aliphatic carbocycles. The normalized spacial score (nSPS) is 26.6. The minimum absolute atomic E-state index is 0. The van der Waals surface area contributed by atoms with Gasteiger partial charge in [0, 0.05) is 34.1 Å². The van der Waals surface area contributed by atoms with Crippen LogP contribution in [0.5, 0.6) is 0 Å². The zero-order chi connectivity index (χ0) is 33.7. The summed E-state index contributed by atoms with van der Waals surface area (Å²) in [6.07, 6.45) is 6.46. The maximum Gasteiger partial charge on any atom is 0.254 e. The zero-order valence-corrected chi connectivity index (χ0v) is 25.1. The highest BCUT2D eigenvalue weighted by atomic mass is 35.5. The van der Waals surface area contributed by atoms with Gasteiger partial charge in [-0.15, -0.1) is 0 Å². The molecule has 2 fully saturated rings. The van der Waals surface area contributed by atoms with E-state index in [1.165, 1.54) is 26.2 Å². The van der Waals surface area contributed by atoms with Gasteiger partial charge in [-0.3, -0.25) is 9.59 Å². The van der Waals surface area contributed by atoms with E-state index in [-0.39, 0.29) is 59.7 Å². The number of carbonyl (C=O) groups excluding carboxylic acids is 2. The van der Waals surface area contributed by atoms with E-state index in [0.29, 0.717) is 24.6 Å². The number of nitrogens with two attached hydrogens (primary N) is 2. The van der Waals surface area contributed by atoms with Crippen LogP contribution in [0.1, 0.15) is 105 Å². The summed E-state index contributed by atoms with van der Waals surface area (Å²) in [6, 6.07) is -0.00653. The summed E-state index contributed by atoms with van der Waals surface area (Å²) >= 11 is 5.73. The summed E-state index contributed by atoms with van der Waals surface area (Å²) in [7, 11) is 0. The third-order valence-corrected chi connectivity index (χ3v) is 7.67. The number of aliphatic hydroxyl groups excluding tert-OH is 2. The maximum absolute atomic E-state index is 11.7. The number of hydrogen-bond donors (Lipinski definition) is 7. The molecule has 0 saturated heterocycles. The number of carbonyl (C=O) groups is 2. The molecule has 6 atom stereocenters. The summed E-state index contributed by atoms with van der Waals surface area (Å²) in [6.45, 7) is 4.81. The molecular formula is C29H48ClN9O4. The second-order valence-electron chi connectivity index (χ2n) is 11.7. The van der Waals surface area contributed by atoms with Crippen molar-refractivity contribution in [1.29, 1.82) is 0 Å². The highest BCUT2D eigenvalue weighted by molar-refractivity contribution is 6.28. The molecule has 13 nitrogen and oxygen atoms in total. The number of aromatic nitrogens is 4. The van der Waals surface area contributed by atoms with E-state index in [4.69, 9.17) is 27.2 Å². The number of halogens is 1. The molecule has 2 saturated carbocycles. The lowest BCUT2D eigenvalue weighted by molar-refractivity contribution is 0.0737. The lowest BCUT2D eigenvalue weighted by atomic mass is 9.85. The van der Waals surface area contributed by atoms with Gasteiger partial charge in [-0.2, -0.15) is 9.97 Å². The fourth-order valence-corrected chi connectivity index (χ4v) is 5.04. The van der Waals surface area contributed by atoms with Gasteiger partial charge in [0.1, 0.15) is 11.6 Å². The van der Waals surface area contributed by atoms with Crippen LogP contribution in [-0.4, -0.2) is 71.8 Å². The van der Waals surface area contributed by atoms with Crippen molar-refractivity contribution in [2.24, 2.45) is 23.3 Å². The van der Waals surface area contributed by atoms with Gasteiger partial charge in [0.15, 0.2) is 0 Å². The molecule has 0 radical (unpaired) electrons. The van der Waals surface area contributed by atoms with E-state index in [1.54, 1.807) is 0 Å². The molecular weight excluding hydrogens is 574 g/mol. The van der Waals surface area contributed by atoms with Crippen molar-refractivity contribution in [3.8, 4) is 0 Å². The predicted octanol–water partition coefficient (Wildman–Crippen LogP) is 3.57. The van der Waals surface area contributed by atoms with Gasteiger partial charge >= 0.3 is 0 Å². The lowest BCUT2D eigenvalue weighted by Gasteiger charge is -2.32. The Morgan fingerprint density at radius 3 is 1.81 bits per heavy atom. The Balaban J connectivity index is 0.000000328. The van der Waals surface area contributed by atoms with Crippen molar-refractivity contribution in [2.75, 3.05) is 16.0 Å². The SMILES string of the molecule is C.C[C@@H]1CC[C@@H](Nc2nc(Cl)ncc2C(N)=O)C[C@H]1O.[2H]C([2H])([2H])C(C)(C)Nc1ncc(C(N)=O)c(N[C@@H]2CC[C@@H](C)[C@H](O)C2)n1. The molecule has 0 spiro atoms. The molecule has 0 unspecified atom stereocenters. The van der Waals surface area contributed by atoms with Crippen LogP contribution in [0.2, 0.25) is 5.28 Å². The molecule has 2 aromatic heterocycles. The van der Waals surface area contributed by atoms with Gasteiger partial charge in [0.25, 0.3) is 11.8 Å². The molecule has 9 N–H and O–H groups in total. The second kappa shape index (κ2) is 15.4. The fourth-order valence-electron chi connectivity index (χ4n) is 4.91. The van der Waals surface area contributed by atoms with E-state index in [9.17, 15) is 19.8 Å². The fraction of sp³-hybridized carbons (Fsp3) is 0.655. The van der Waals surface area contributed by atoms with Crippen LogP contribution in [0, 0.1) is 11.8 Å². The van der Waals surface area contributed by atoms with E-state index in [0.717, 1.165) is 25.7 Å². The molecule has 14 heteroatoms. The Kier molecular flexibility index (Phi) is 11.2.